The van der Waals surface area contributed by atoms with Gasteiger partial charge in [0.15, 0.2) is 0 Å². The Kier molecular flexibility index (Phi) is 2.31. The Labute approximate surface area is 88.4 Å². The van der Waals surface area contributed by atoms with Crippen molar-refractivity contribution in [2.45, 2.75) is 27.2 Å². The second kappa shape index (κ2) is 3.50. The Bertz CT molecular complexity index is 570. The predicted molar refractivity (Wildman–Crippen MR) is 60.3 cm³/mol. The van der Waals surface area contributed by atoms with Gasteiger partial charge in [0, 0.05) is 11.8 Å². The summed E-state index contributed by atoms with van der Waals surface area (Å²) in [7, 11) is 0. The number of aromatic nitrogens is 2. The molecule has 0 aliphatic rings. The van der Waals surface area contributed by atoms with Crippen LogP contribution in [0.5, 0.6) is 0 Å². The molecule has 2 aromatic rings. The molecule has 0 fully saturated rings. The topological polar surface area (TPSA) is 34.4 Å². The van der Waals surface area contributed by atoms with Crippen LogP contribution in [0.25, 0.3) is 5.65 Å². The highest BCUT2D eigenvalue weighted by Gasteiger charge is 2.07. The molecule has 3 heteroatoms. The molecule has 2 rings (SSSR count). The maximum Gasteiger partial charge on any atom is 0.261 e. The van der Waals surface area contributed by atoms with Gasteiger partial charge in [-0.15, -0.1) is 0 Å². The van der Waals surface area contributed by atoms with Gasteiger partial charge in [0.05, 0.1) is 5.69 Å². The van der Waals surface area contributed by atoms with Gasteiger partial charge >= 0.3 is 0 Å². The van der Waals surface area contributed by atoms with E-state index in [-0.39, 0.29) is 5.56 Å². The number of rotatable bonds is 1. The lowest BCUT2D eigenvalue weighted by Gasteiger charge is -2.07. The van der Waals surface area contributed by atoms with Crippen molar-refractivity contribution in [1.29, 1.82) is 0 Å². The van der Waals surface area contributed by atoms with Crippen molar-refractivity contribution in [1.82, 2.24) is 9.38 Å². The fraction of sp³-hybridized carbons (Fsp3) is 0.333. The summed E-state index contributed by atoms with van der Waals surface area (Å²) in [6.45, 7) is 5.82. The summed E-state index contributed by atoms with van der Waals surface area (Å²) in [5, 5.41) is 0. The highest BCUT2D eigenvalue weighted by molar-refractivity contribution is 5.47. The number of pyridine rings is 1. The number of fused-ring (bicyclic) bond motifs is 1. The average molecular weight is 202 g/mol. The van der Waals surface area contributed by atoms with E-state index < -0.39 is 0 Å². The minimum absolute atomic E-state index is 0.0422. The van der Waals surface area contributed by atoms with Crippen LogP contribution in [0.1, 0.15) is 23.7 Å². The standard InChI is InChI=1S/C12H14N2O/c1-4-10-9(3)12(15)14-7-5-6-8(2)11(14)13-10/h5-7H,4H2,1-3H3. The fourth-order valence-corrected chi connectivity index (χ4v) is 1.77. The molecule has 78 valence electrons. The SMILES string of the molecule is CCc1nc2c(C)cccn2c(=O)c1C. The minimum atomic E-state index is 0.0422. The maximum absolute atomic E-state index is 12.0. The maximum atomic E-state index is 12.0. The molecular weight excluding hydrogens is 188 g/mol. The molecule has 0 saturated carbocycles. The lowest BCUT2D eigenvalue weighted by Crippen LogP contribution is -2.20. The van der Waals surface area contributed by atoms with Crippen LogP contribution in [0.3, 0.4) is 0 Å². The molecule has 0 spiro atoms. The van der Waals surface area contributed by atoms with E-state index in [1.807, 2.05) is 32.9 Å². The van der Waals surface area contributed by atoms with Crippen LogP contribution in [0.15, 0.2) is 23.1 Å². The Morgan fingerprint density at radius 3 is 2.80 bits per heavy atom. The summed E-state index contributed by atoms with van der Waals surface area (Å²) >= 11 is 0. The quantitative estimate of drug-likeness (QED) is 0.707. The zero-order chi connectivity index (χ0) is 11.0. The summed E-state index contributed by atoms with van der Waals surface area (Å²) in [4.78, 5) is 16.5. The van der Waals surface area contributed by atoms with Crippen LogP contribution >= 0.6 is 0 Å². The normalized spacial score (nSPS) is 10.9. The van der Waals surface area contributed by atoms with Crippen LogP contribution < -0.4 is 5.56 Å². The van der Waals surface area contributed by atoms with E-state index in [0.717, 1.165) is 28.9 Å². The van der Waals surface area contributed by atoms with Gasteiger partial charge in [0.2, 0.25) is 0 Å². The monoisotopic (exact) mass is 202 g/mol. The summed E-state index contributed by atoms with van der Waals surface area (Å²) < 4.78 is 1.61. The van der Waals surface area contributed by atoms with E-state index in [1.54, 1.807) is 10.6 Å². The van der Waals surface area contributed by atoms with E-state index in [0.29, 0.717) is 0 Å². The van der Waals surface area contributed by atoms with Gasteiger partial charge in [-0.05, 0) is 31.9 Å². The summed E-state index contributed by atoms with van der Waals surface area (Å²) in [6.07, 6.45) is 2.57. The van der Waals surface area contributed by atoms with Crippen molar-refractivity contribution in [3.63, 3.8) is 0 Å². The first-order chi connectivity index (χ1) is 7.15. The van der Waals surface area contributed by atoms with E-state index in [9.17, 15) is 4.79 Å². The molecule has 2 heterocycles. The Morgan fingerprint density at radius 2 is 2.13 bits per heavy atom. The van der Waals surface area contributed by atoms with Crippen LogP contribution in [-0.4, -0.2) is 9.38 Å². The van der Waals surface area contributed by atoms with Gasteiger partial charge in [-0.3, -0.25) is 9.20 Å². The third-order valence-electron chi connectivity index (χ3n) is 2.71. The lowest BCUT2D eigenvalue weighted by molar-refractivity contribution is 0.928. The molecule has 0 saturated heterocycles. The molecule has 2 aromatic heterocycles. The number of aryl methyl sites for hydroxylation is 2. The van der Waals surface area contributed by atoms with E-state index in [1.165, 1.54) is 0 Å². The highest BCUT2D eigenvalue weighted by Crippen LogP contribution is 2.08. The van der Waals surface area contributed by atoms with Crippen LogP contribution in [0.2, 0.25) is 0 Å². The van der Waals surface area contributed by atoms with Crippen molar-refractivity contribution in [3.05, 3.63) is 45.5 Å². The molecular formula is C12H14N2O. The van der Waals surface area contributed by atoms with Crippen molar-refractivity contribution in [2.75, 3.05) is 0 Å². The van der Waals surface area contributed by atoms with Crippen LogP contribution in [-0.2, 0) is 6.42 Å². The number of hydrogen-bond donors (Lipinski definition) is 0. The largest absolute Gasteiger partial charge is 0.269 e. The molecule has 0 bridgehead atoms. The van der Waals surface area contributed by atoms with Crippen molar-refractivity contribution in [3.8, 4) is 0 Å². The molecule has 15 heavy (non-hydrogen) atoms. The van der Waals surface area contributed by atoms with Crippen molar-refractivity contribution >= 4 is 5.65 Å². The van der Waals surface area contributed by atoms with E-state index in [4.69, 9.17) is 0 Å². The molecule has 0 N–H and O–H groups in total. The van der Waals surface area contributed by atoms with Gasteiger partial charge in [-0.2, -0.15) is 0 Å². The Morgan fingerprint density at radius 1 is 1.40 bits per heavy atom. The van der Waals surface area contributed by atoms with E-state index in [2.05, 4.69) is 4.98 Å². The fourth-order valence-electron chi connectivity index (χ4n) is 1.77. The second-order valence-electron chi connectivity index (χ2n) is 3.73. The van der Waals surface area contributed by atoms with Gasteiger partial charge in [-0.1, -0.05) is 13.0 Å². The molecule has 0 aliphatic carbocycles. The minimum Gasteiger partial charge on any atom is -0.269 e. The Hall–Kier alpha value is -1.64. The number of nitrogens with zero attached hydrogens (tertiary/aromatic N) is 2. The molecule has 3 nitrogen and oxygen atoms in total. The smallest absolute Gasteiger partial charge is 0.261 e. The molecule has 0 aromatic carbocycles. The molecule has 0 amide bonds. The summed E-state index contributed by atoms with van der Waals surface area (Å²) in [6, 6.07) is 3.84. The van der Waals surface area contributed by atoms with Crippen molar-refractivity contribution in [2.24, 2.45) is 0 Å². The predicted octanol–water partition coefficient (Wildman–Crippen LogP) is 1.87. The first-order valence-electron chi connectivity index (χ1n) is 5.12. The Balaban J connectivity index is 2.98. The molecule has 0 radical (unpaired) electrons. The average Bonchev–Trinajstić information content (AvgIpc) is 2.24. The zero-order valence-corrected chi connectivity index (χ0v) is 9.24. The lowest BCUT2D eigenvalue weighted by atomic mass is 10.2. The van der Waals surface area contributed by atoms with Gasteiger partial charge in [0.1, 0.15) is 5.65 Å². The third kappa shape index (κ3) is 1.44. The molecule has 0 unspecified atom stereocenters. The van der Waals surface area contributed by atoms with Gasteiger partial charge in [-0.25, -0.2) is 4.98 Å². The van der Waals surface area contributed by atoms with Crippen LogP contribution in [0.4, 0.5) is 0 Å². The second-order valence-corrected chi connectivity index (χ2v) is 3.73. The van der Waals surface area contributed by atoms with Gasteiger partial charge < -0.3 is 0 Å². The van der Waals surface area contributed by atoms with Gasteiger partial charge in [0.25, 0.3) is 5.56 Å². The molecule has 0 atom stereocenters. The van der Waals surface area contributed by atoms with Crippen LogP contribution in [0, 0.1) is 13.8 Å². The highest BCUT2D eigenvalue weighted by atomic mass is 16.1. The van der Waals surface area contributed by atoms with E-state index >= 15 is 0 Å². The summed E-state index contributed by atoms with van der Waals surface area (Å²) in [5.41, 5.74) is 3.49. The zero-order valence-electron chi connectivity index (χ0n) is 9.24. The summed E-state index contributed by atoms with van der Waals surface area (Å²) in [5.74, 6) is 0. The number of hydrogen-bond acceptors (Lipinski definition) is 2. The first kappa shape index (κ1) is 9.90. The molecule has 0 aliphatic heterocycles. The third-order valence-corrected chi connectivity index (χ3v) is 2.71. The first-order valence-corrected chi connectivity index (χ1v) is 5.12. The van der Waals surface area contributed by atoms with Crippen molar-refractivity contribution < 1.29 is 0 Å².